The number of rotatable bonds is 7. The van der Waals surface area contributed by atoms with Crippen LogP contribution in [0.5, 0.6) is 0 Å². The number of hydrogen-bond donors (Lipinski definition) is 3. The molecule has 1 saturated carbocycles. The van der Waals surface area contributed by atoms with Crippen LogP contribution in [0.4, 0.5) is 0 Å². The van der Waals surface area contributed by atoms with Crippen molar-refractivity contribution in [2.24, 2.45) is 11.7 Å². The van der Waals surface area contributed by atoms with E-state index in [4.69, 9.17) is 5.73 Å². The van der Waals surface area contributed by atoms with Gasteiger partial charge in [0.2, 0.25) is 0 Å². The molecule has 1 aromatic rings. The predicted molar refractivity (Wildman–Crippen MR) is 83.6 cm³/mol. The van der Waals surface area contributed by atoms with E-state index >= 15 is 0 Å². The summed E-state index contributed by atoms with van der Waals surface area (Å²) in [6.07, 6.45) is 7.04. The van der Waals surface area contributed by atoms with Gasteiger partial charge in [0.25, 0.3) is 0 Å². The largest absolute Gasteiger partial charge is 0.390 e. The summed E-state index contributed by atoms with van der Waals surface area (Å²) in [4.78, 5) is 0. The summed E-state index contributed by atoms with van der Waals surface area (Å²) in [7, 11) is 0. The highest BCUT2D eigenvalue weighted by Gasteiger charge is 2.17. The van der Waals surface area contributed by atoms with Crippen molar-refractivity contribution in [3.05, 3.63) is 35.9 Å². The van der Waals surface area contributed by atoms with E-state index in [1.807, 2.05) is 18.2 Å². The first-order valence-electron chi connectivity index (χ1n) is 7.94. The Morgan fingerprint density at radius 3 is 2.55 bits per heavy atom. The van der Waals surface area contributed by atoms with E-state index in [-0.39, 0.29) is 6.04 Å². The van der Waals surface area contributed by atoms with Crippen LogP contribution in [0.15, 0.2) is 30.3 Å². The summed E-state index contributed by atoms with van der Waals surface area (Å²) in [5.74, 6) is 0.793. The molecule has 3 nitrogen and oxygen atoms in total. The minimum absolute atomic E-state index is 0.198. The number of hydrogen-bond acceptors (Lipinski definition) is 3. The van der Waals surface area contributed by atoms with Crippen molar-refractivity contribution in [2.45, 2.75) is 50.7 Å². The lowest BCUT2D eigenvalue weighted by Gasteiger charge is -2.24. The molecule has 0 bridgehead atoms. The zero-order chi connectivity index (χ0) is 14.2. The number of nitrogens with two attached hydrogens (primary N) is 1. The summed E-state index contributed by atoms with van der Waals surface area (Å²) in [6, 6.07) is 9.93. The number of aliphatic hydroxyl groups excluding tert-OH is 1. The van der Waals surface area contributed by atoms with Gasteiger partial charge in [0.1, 0.15) is 0 Å². The van der Waals surface area contributed by atoms with Gasteiger partial charge in [-0.1, -0.05) is 49.6 Å². The van der Waals surface area contributed by atoms with Crippen molar-refractivity contribution in [3.63, 3.8) is 0 Å². The standard InChI is InChI=1S/C17H28N2O/c18-16(11-14-7-3-1-4-8-14)17(20)13-19-12-15-9-5-2-6-10-15/h1,3-4,7-8,15-17,19-20H,2,5-6,9-13,18H2/t16-,17+/m0/s1. The lowest BCUT2D eigenvalue weighted by molar-refractivity contribution is 0.139. The second-order valence-electron chi connectivity index (χ2n) is 6.08. The van der Waals surface area contributed by atoms with E-state index in [2.05, 4.69) is 17.4 Å². The van der Waals surface area contributed by atoms with E-state index in [1.165, 1.54) is 37.7 Å². The molecule has 4 N–H and O–H groups in total. The van der Waals surface area contributed by atoms with Gasteiger partial charge in [-0.25, -0.2) is 0 Å². The van der Waals surface area contributed by atoms with E-state index in [1.54, 1.807) is 0 Å². The van der Waals surface area contributed by atoms with Gasteiger partial charge in [0, 0.05) is 12.6 Å². The number of benzene rings is 1. The second kappa shape index (κ2) is 8.40. The molecule has 1 aliphatic carbocycles. The molecule has 20 heavy (non-hydrogen) atoms. The molecule has 0 aromatic heterocycles. The Hall–Kier alpha value is -0.900. The minimum atomic E-state index is -0.473. The summed E-state index contributed by atoms with van der Waals surface area (Å²) in [5, 5.41) is 13.5. The molecule has 1 aromatic carbocycles. The fourth-order valence-electron chi connectivity index (χ4n) is 3.00. The summed E-state index contributed by atoms with van der Waals surface area (Å²) >= 11 is 0. The molecular formula is C17H28N2O. The van der Waals surface area contributed by atoms with Crippen LogP contribution < -0.4 is 11.1 Å². The van der Waals surface area contributed by atoms with Crippen LogP contribution in [-0.2, 0) is 6.42 Å². The summed E-state index contributed by atoms with van der Waals surface area (Å²) in [6.45, 7) is 1.62. The monoisotopic (exact) mass is 276 g/mol. The summed E-state index contributed by atoms with van der Waals surface area (Å²) < 4.78 is 0. The highest BCUT2D eigenvalue weighted by Crippen LogP contribution is 2.22. The Kier molecular flexibility index (Phi) is 6.51. The molecular weight excluding hydrogens is 248 g/mol. The van der Waals surface area contributed by atoms with Gasteiger partial charge in [-0.05, 0) is 37.3 Å². The average molecular weight is 276 g/mol. The first-order valence-corrected chi connectivity index (χ1v) is 7.94. The maximum atomic E-state index is 10.1. The molecule has 3 heteroatoms. The van der Waals surface area contributed by atoms with E-state index in [0.29, 0.717) is 6.54 Å². The molecule has 112 valence electrons. The van der Waals surface area contributed by atoms with Crippen molar-refractivity contribution < 1.29 is 5.11 Å². The molecule has 0 radical (unpaired) electrons. The Morgan fingerprint density at radius 1 is 1.15 bits per heavy atom. The molecule has 0 aliphatic heterocycles. The van der Waals surface area contributed by atoms with E-state index < -0.39 is 6.10 Å². The second-order valence-corrected chi connectivity index (χ2v) is 6.08. The maximum absolute atomic E-state index is 10.1. The van der Waals surface area contributed by atoms with Crippen LogP contribution in [0.25, 0.3) is 0 Å². The zero-order valence-corrected chi connectivity index (χ0v) is 12.3. The first-order chi connectivity index (χ1) is 9.75. The topological polar surface area (TPSA) is 58.3 Å². The molecule has 1 fully saturated rings. The fourth-order valence-corrected chi connectivity index (χ4v) is 3.00. The molecule has 0 heterocycles. The van der Waals surface area contributed by atoms with Gasteiger partial charge in [0.15, 0.2) is 0 Å². The number of aliphatic hydroxyl groups is 1. The van der Waals surface area contributed by atoms with Crippen molar-refractivity contribution in [1.82, 2.24) is 5.32 Å². The Bertz CT molecular complexity index is 363. The quantitative estimate of drug-likeness (QED) is 0.715. The van der Waals surface area contributed by atoms with Gasteiger partial charge < -0.3 is 16.2 Å². The lowest BCUT2D eigenvalue weighted by Crippen LogP contribution is -2.44. The van der Waals surface area contributed by atoms with Crippen molar-refractivity contribution in [3.8, 4) is 0 Å². The minimum Gasteiger partial charge on any atom is -0.390 e. The van der Waals surface area contributed by atoms with Gasteiger partial charge >= 0.3 is 0 Å². The van der Waals surface area contributed by atoms with Gasteiger partial charge in [-0.15, -0.1) is 0 Å². The molecule has 2 rings (SSSR count). The number of nitrogens with one attached hydrogen (secondary N) is 1. The molecule has 2 atom stereocenters. The Balaban J connectivity index is 1.64. The van der Waals surface area contributed by atoms with Crippen LogP contribution in [0.3, 0.4) is 0 Å². The van der Waals surface area contributed by atoms with E-state index in [9.17, 15) is 5.11 Å². The third-order valence-corrected chi connectivity index (χ3v) is 4.32. The Labute approximate surface area is 122 Å². The third kappa shape index (κ3) is 5.23. The molecule has 0 spiro atoms. The van der Waals surface area contributed by atoms with Crippen LogP contribution in [0.1, 0.15) is 37.7 Å². The molecule has 1 aliphatic rings. The van der Waals surface area contributed by atoms with Gasteiger partial charge in [-0.3, -0.25) is 0 Å². The van der Waals surface area contributed by atoms with Crippen molar-refractivity contribution in [2.75, 3.05) is 13.1 Å². The zero-order valence-electron chi connectivity index (χ0n) is 12.3. The van der Waals surface area contributed by atoms with Crippen LogP contribution in [0.2, 0.25) is 0 Å². The van der Waals surface area contributed by atoms with Gasteiger partial charge in [-0.2, -0.15) is 0 Å². The van der Waals surface area contributed by atoms with Crippen LogP contribution in [0, 0.1) is 5.92 Å². The fraction of sp³-hybridized carbons (Fsp3) is 0.647. The average Bonchev–Trinajstić information content (AvgIpc) is 2.49. The Morgan fingerprint density at radius 2 is 1.85 bits per heavy atom. The summed E-state index contributed by atoms with van der Waals surface area (Å²) in [5.41, 5.74) is 7.26. The van der Waals surface area contributed by atoms with Gasteiger partial charge in [0.05, 0.1) is 6.10 Å². The van der Waals surface area contributed by atoms with Crippen molar-refractivity contribution in [1.29, 1.82) is 0 Å². The lowest BCUT2D eigenvalue weighted by atomic mass is 9.89. The molecule has 0 saturated heterocycles. The molecule has 0 unspecified atom stereocenters. The predicted octanol–water partition coefficient (Wildman–Crippen LogP) is 2.09. The highest BCUT2D eigenvalue weighted by molar-refractivity contribution is 5.16. The van der Waals surface area contributed by atoms with Crippen LogP contribution >= 0.6 is 0 Å². The maximum Gasteiger partial charge on any atom is 0.0818 e. The smallest absolute Gasteiger partial charge is 0.0818 e. The van der Waals surface area contributed by atoms with Crippen molar-refractivity contribution >= 4 is 0 Å². The highest BCUT2D eigenvalue weighted by atomic mass is 16.3. The SMILES string of the molecule is N[C@@H](Cc1ccccc1)[C@H](O)CNCC1CCCCC1. The molecule has 0 amide bonds. The van der Waals surface area contributed by atoms with E-state index in [0.717, 1.165) is 18.9 Å². The third-order valence-electron chi connectivity index (χ3n) is 4.32. The van der Waals surface area contributed by atoms with Crippen LogP contribution in [-0.4, -0.2) is 30.3 Å². The normalized spacial score (nSPS) is 19.7. The first kappa shape index (κ1) is 15.5.